The van der Waals surface area contributed by atoms with Gasteiger partial charge in [0.25, 0.3) is 0 Å². The molecule has 7 heteroatoms. The van der Waals surface area contributed by atoms with Crippen LogP contribution in [0.5, 0.6) is 0 Å². The van der Waals surface area contributed by atoms with E-state index in [1.807, 2.05) is 0 Å². The molecule has 0 saturated carbocycles. The van der Waals surface area contributed by atoms with Crippen LogP contribution in [0.25, 0.3) is 0 Å². The zero-order chi connectivity index (χ0) is 13.1. The summed E-state index contributed by atoms with van der Waals surface area (Å²) in [6, 6.07) is 4.37. The summed E-state index contributed by atoms with van der Waals surface area (Å²) in [5.41, 5.74) is 6.06. The van der Waals surface area contributed by atoms with E-state index in [-0.39, 0.29) is 22.9 Å². The maximum atomic E-state index is 11.5. The summed E-state index contributed by atoms with van der Waals surface area (Å²) in [6.07, 6.45) is 1.07. The van der Waals surface area contributed by atoms with E-state index in [2.05, 4.69) is 0 Å². The van der Waals surface area contributed by atoms with Gasteiger partial charge in [0.2, 0.25) is 0 Å². The van der Waals surface area contributed by atoms with E-state index in [4.69, 9.17) is 22.1 Å². The second-order valence-electron chi connectivity index (χ2n) is 3.51. The maximum absolute atomic E-state index is 11.5. The first-order valence-electron chi connectivity index (χ1n) is 4.69. The lowest BCUT2D eigenvalue weighted by Crippen LogP contribution is -2.14. The number of hydrogen-bond donors (Lipinski definition) is 1. The van der Waals surface area contributed by atoms with Crippen molar-refractivity contribution in [3.8, 4) is 0 Å². The monoisotopic (exact) mass is 277 g/mol. The van der Waals surface area contributed by atoms with Gasteiger partial charge in [0.1, 0.15) is 6.61 Å². The molecule has 17 heavy (non-hydrogen) atoms. The Morgan fingerprint density at radius 2 is 2.12 bits per heavy atom. The molecule has 0 aromatic heterocycles. The summed E-state index contributed by atoms with van der Waals surface area (Å²) < 4.78 is 26.4. The Bertz CT molecular complexity index is 527. The number of anilines is 1. The number of hydrogen-bond acceptors (Lipinski definition) is 5. The number of esters is 1. The van der Waals surface area contributed by atoms with E-state index in [1.54, 1.807) is 0 Å². The van der Waals surface area contributed by atoms with Crippen LogP contribution in [-0.4, -0.2) is 33.0 Å². The first-order chi connectivity index (χ1) is 7.79. The van der Waals surface area contributed by atoms with Crippen LogP contribution in [-0.2, 0) is 14.6 Å². The highest BCUT2D eigenvalue weighted by Gasteiger charge is 2.13. The molecule has 0 amide bonds. The summed E-state index contributed by atoms with van der Waals surface area (Å²) >= 11 is 5.79. The molecule has 0 atom stereocenters. The molecule has 0 spiro atoms. The van der Waals surface area contributed by atoms with E-state index in [0.29, 0.717) is 5.69 Å². The molecule has 0 fully saturated rings. The molecule has 0 saturated heterocycles. The van der Waals surface area contributed by atoms with Gasteiger partial charge in [-0.2, -0.15) is 0 Å². The Kier molecular flexibility index (Phi) is 4.36. The number of sulfone groups is 1. The number of halogens is 1. The molecule has 5 nitrogen and oxygen atoms in total. The molecule has 0 aliphatic heterocycles. The van der Waals surface area contributed by atoms with Crippen molar-refractivity contribution in [3.63, 3.8) is 0 Å². The highest BCUT2D eigenvalue weighted by Crippen LogP contribution is 2.19. The van der Waals surface area contributed by atoms with Crippen LogP contribution >= 0.6 is 11.6 Å². The van der Waals surface area contributed by atoms with Crippen LogP contribution in [0.4, 0.5) is 5.69 Å². The molecule has 0 aliphatic carbocycles. The van der Waals surface area contributed by atoms with Crippen molar-refractivity contribution in [2.45, 2.75) is 0 Å². The largest absolute Gasteiger partial charge is 0.461 e. The summed E-state index contributed by atoms with van der Waals surface area (Å²) in [5.74, 6) is -0.885. The Hall–Kier alpha value is -1.27. The van der Waals surface area contributed by atoms with Gasteiger partial charge in [-0.1, -0.05) is 11.6 Å². The molecule has 0 aliphatic rings. The molecular weight excluding hydrogens is 266 g/mol. The normalized spacial score (nSPS) is 11.2. The zero-order valence-corrected chi connectivity index (χ0v) is 10.7. The van der Waals surface area contributed by atoms with Gasteiger partial charge in [0.05, 0.1) is 16.3 Å². The van der Waals surface area contributed by atoms with E-state index in [0.717, 1.165) is 6.26 Å². The van der Waals surface area contributed by atoms with Crippen LogP contribution < -0.4 is 5.73 Å². The SMILES string of the molecule is CS(=O)(=O)CCOC(=O)c1ccc(N)cc1Cl. The number of ether oxygens (including phenoxy) is 1. The highest BCUT2D eigenvalue weighted by atomic mass is 35.5. The summed E-state index contributed by atoms with van der Waals surface area (Å²) in [5, 5.41) is 0.175. The lowest BCUT2D eigenvalue weighted by Gasteiger charge is -2.06. The van der Waals surface area contributed by atoms with E-state index < -0.39 is 15.8 Å². The van der Waals surface area contributed by atoms with Gasteiger partial charge in [-0.25, -0.2) is 13.2 Å². The average molecular weight is 278 g/mol. The van der Waals surface area contributed by atoms with Crippen molar-refractivity contribution in [2.24, 2.45) is 0 Å². The van der Waals surface area contributed by atoms with Gasteiger partial charge in [0, 0.05) is 11.9 Å². The predicted octanol–water partition coefficient (Wildman–Crippen LogP) is 1.12. The van der Waals surface area contributed by atoms with Crippen LogP contribution in [0.1, 0.15) is 10.4 Å². The van der Waals surface area contributed by atoms with E-state index in [9.17, 15) is 13.2 Å². The Balaban J connectivity index is 2.65. The standard InChI is InChI=1S/C10H12ClNO4S/c1-17(14,15)5-4-16-10(13)8-3-2-7(12)6-9(8)11/h2-3,6H,4-5,12H2,1H3. The summed E-state index contributed by atoms with van der Waals surface area (Å²) in [6.45, 7) is -0.196. The lowest BCUT2D eigenvalue weighted by atomic mass is 10.2. The van der Waals surface area contributed by atoms with Gasteiger partial charge >= 0.3 is 5.97 Å². The average Bonchev–Trinajstić information content (AvgIpc) is 2.15. The fourth-order valence-corrected chi connectivity index (χ4v) is 1.71. The molecule has 0 radical (unpaired) electrons. The number of nitrogen functional groups attached to an aromatic ring is 1. The molecular formula is C10H12ClNO4S. The van der Waals surface area contributed by atoms with Crippen LogP contribution in [0.2, 0.25) is 5.02 Å². The van der Waals surface area contributed by atoms with Crippen molar-refractivity contribution >= 4 is 33.1 Å². The topological polar surface area (TPSA) is 86.5 Å². The fraction of sp³-hybridized carbons (Fsp3) is 0.300. The highest BCUT2D eigenvalue weighted by molar-refractivity contribution is 7.90. The Labute approximate surface area is 104 Å². The number of benzene rings is 1. The Morgan fingerprint density at radius 3 is 2.65 bits per heavy atom. The lowest BCUT2D eigenvalue weighted by molar-refractivity contribution is 0.0529. The fourth-order valence-electron chi connectivity index (χ4n) is 1.06. The minimum Gasteiger partial charge on any atom is -0.461 e. The van der Waals surface area contributed by atoms with Crippen LogP contribution in [0, 0.1) is 0 Å². The number of carbonyl (C=O) groups excluding carboxylic acids is 1. The Morgan fingerprint density at radius 1 is 1.47 bits per heavy atom. The zero-order valence-electron chi connectivity index (χ0n) is 9.14. The molecule has 1 rings (SSSR count). The van der Waals surface area contributed by atoms with Gasteiger partial charge < -0.3 is 10.5 Å². The number of rotatable bonds is 4. The van der Waals surface area contributed by atoms with E-state index >= 15 is 0 Å². The van der Waals surface area contributed by atoms with Crippen molar-refractivity contribution in [1.82, 2.24) is 0 Å². The van der Waals surface area contributed by atoms with Crippen molar-refractivity contribution in [3.05, 3.63) is 28.8 Å². The summed E-state index contributed by atoms with van der Waals surface area (Å²) in [7, 11) is -3.15. The van der Waals surface area contributed by atoms with Crippen molar-refractivity contribution in [2.75, 3.05) is 24.3 Å². The first kappa shape index (κ1) is 13.8. The third kappa shape index (κ3) is 4.62. The number of nitrogens with two attached hydrogens (primary N) is 1. The molecule has 1 aromatic rings. The minimum atomic E-state index is -3.15. The molecule has 0 heterocycles. The smallest absolute Gasteiger partial charge is 0.339 e. The molecule has 1 aromatic carbocycles. The first-order valence-corrected chi connectivity index (χ1v) is 7.13. The number of carbonyl (C=O) groups is 1. The second-order valence-corrected chi connectivity index (χ2v) is 6.17. The second kappa shape index (κ2) is 5.37. The maximum Gasteiger partial charge on any atom is 0.339 e. The molecule has 0 bridgehead atoms. The van der Waals surface area contributed by atoms with Gasteiger partial charge in [0.15, 0.2) is 9.84 Å². The molecule has 0 unspecified atom stereocenters. The minimum absolute atomic E-state index is 0.161. The third-order valence-electron chi connectivity index (χ3n) is 1.90. The predicted molar refractivity (Wildman–Crippen MR) is 65.9 cm³/mol. The van der Waals surface area contributed by atoms with Crippen LogP contribution in [0.3, 0.4) is 0 Å². The third-order valence-corrected chi connectivity index (χ3v) is 3.12. The van der Waals surface area contributed by atoms with E-state index in [1.165, 1.54) is 18.2 Å². The van der Waals surface area contributed by atoms with Crippen molar-refractivity contribution in [1.29, 1.82) is 0 Å². The van der Waals surface area contributed by atoms with Gasteiger partial charge in [-0.05, 0) is 18.2 Å². The quantitative estimate of drug-likeness (QED) is 0.658. The van der Waals surface area contributed by atoms with Crippen molar-refractivity contribution < 1.29 is 17.9 Å². The van der Waals surface area contributed by atoms with Gasteiger partial charge in [-0.15, -0.1) is 0 Å². The van der Waals surface area contributed by atoms with Gasteiger partial charge in [-0.3, -0.25) is 0 Å². The summed E-state index contributed by atoms with van der Waals surface area (Å²) in [4.78, 5) is 11.5. The van der Waals surface area contributed by atoms with Crippen LogP contribution in [0.15, 0.2) is 18.2 Å². The molecule has 94 valence electrons. The molecule has 2 N–H and O–H groups in total.